The Bertz CT molecular complexity index is 2620. The minimum Gasteiger partial charge on any atom is -0.506 e. The van der Waals surface area contributed by atoms with E-state index in [1.807, 2.05) is 92.7 Å². The molecular formula is C49H52N6O7. The fourth-order valence-corrected chi connectivity index (χ4v) is 7.85. The number of carbonyl (C=O) groups is 3. The van der Waals surface area contributed by atoms with E-state index in [0.29, 0.717) is 79.0 Å². The maximum atomic E-state index is 13.5. The molecule has 1 aliphatic rings. The van der Waals surface area contributed by atoms with Crippen LogP contribution in [0.1, 0.15) is 58.0 Å². The van der Waals surface area contributed by atoms with Crippen molar-refractivity contribution in [1.82, 2.24) is 15.2 Å². The molecule has 1 saturated heterocycles. The number of phenolic OH excluding ortho intramolecular Hbond substituents is 1. The van der Waals surface area contributed by atoms with Crippen molar-refractivity contribution in [3.8, 4) is 16.9 Å². The molecule has 13 nitrogen and oxygen atoms in total. The number of aryl methyl sites for hydroxylation is 2. The molecule has 320 valence electrons. The highest BCUT2D eigenvalue weighted by Crippen LogP contribution is 2.30. The SMILES string of the molecule is Cc1cc(CNCC(O)c2ccc(O)c3[nH]c(=O)ccc23)ccc1NC(=O)c1ccc(C)c(N(C)C(=O)CCN2CCC(OC(=O)Nc3ccccc3-c3ccccc3)CC2)c1. The third kappa shape index (κ3) is 10.6. The minimum absolute atomic E-state index is 0.0659. The van der Waals surface area contributed by atoms with Crippen LogP contribution in [0.4, 0.5) is 21.9 Å². The number of aliphatic hydroxyl groups excluding tert-OH is 1. The third-order valence-electron chi connectivity index (χ3n) is 11.4. The molecule has 7 rings (SSSR count). The highest BCUT2D eigenvalue weighted by molar-refractivity contribution is 6.06. The Hall–Kier alpha value is -6.80. The number of carbonyl (C=O) groups excluding carboxylic acids is 3. The molecule has 2 heterocycles. The molecule has 62 heavy (non-hydrogen) atoms. The van der Waals surface area contributed by atoms with Gasteiger partial charge in [-0.2, -0.15) is 0 Å². The second kappa shape index (κ2) is 19.7. The molecule has 1 fully saturated rings. The summed E-state index contributed by atoms with van der Waals surface area (Å²) in [5.41, 5.74) is 7.53. The first-order valence-corrected chi connectivity index (χ1v) is 20.8. The van der Waals surface area contributed by atoms with Crippen molar-refractivity contribution >= 4 is 45.9 Å². The Kier molecular flexibility index (Phi) is 13.8. The van der Waals surface area contributed by atoms with Gasteiger partial charge in [-0.25, -0.2) is 4.79 Å². The predicted octanol–water partition coefficient (Wildman–Crippen LogP) is 7.66. The summed E-state index contributed by atoms with van der Waals surface area (Å²) in [6, 6.07) is 34.6. The van der Waals surface area contributed by atoms with E-state index in [1.54, 1.807) is 36.2 Å². The number of aliphatic hydroxyl groups is 1. The zero-order valence-corrected chi connectivity index (χ0v) is 35.1. The number of anilines is 3. The van der Waals surface area contributed by atoms with Crippen molar-refractivity contribution in [3.05, 3.63) is 153 Å². The fourth-order valence-electron chi connectivity index (χ4n) is 7.85. The van der Waals surface area contributed by atoms with Gasteiger partial charge in [0.05, 0.1) is 17.3 Å². The number of fused-ring (bicyclic) bond motifs is 1. The van der Waals surface area contributed by atoms with Crippen molar-refractivity contribution in [2.45, 2.75) is 51.9 Å². The molecule has 13 heteroatoms. The Morgan fingerprint density at radius 3 is 2.39 bits per heavy atom. The number of para-hydroxylation sites is 1. The van der Waals surface area contributed by atoms with Crippen molar-refractivity contribution in [2.75, 3.05) is 48.8 Å². The summed E-state index contributed by atoms with van der Waals surface area (Å²) < 4.78 is 5.79. The van der Waals surface area contributed by atoms with E-state index in [4.69, 9.17) is 4.74 Å². The lowest BCUT2D eigenvalue weighted by Gasteiger charge is -2.32. The lowest BCUT2D eigenvalue weighted by atomic mass is 10.0. The Labute approximate surface area is 360 Å². The van der Waals surface area contributed by atoms with Crippen molar-refractivity contribution < 1.29 is 29.3 Å². The number of hydrogen-bond acceptors (Lipinski definition) is 9. The summed E-state index contributed by atoms with van der Waals surface area (Å²) >= 11 is 0. The van der Waals surface area contributed by atoms with Crippen LogP contribution < -0.4 is 26.4 Å². The van der Waals surface area contributed by atoms with E-state index in [1.165, 1.54) is 12.1 Å². The average Bonchev–Trinajstić information content (AvgIpc) is 3.27. The first-order chi connectivity index (χ1) is 29.9. The number of rotatable bonds is 14. The molecule has 3 amide bonds. The van der Waals surface area contributed by atoms with Gasteiger partial charge in [-0.3, -0.25) is 19.7 Å². The standard InChI is InChI=1S/C49H52N6O7/c1-31-13-15-35(48(60)51-40-18-14-33(27-32(40)2)29-50-30-44(57)38-16-19-43(56)47-39(38)17-20-45(58)53-47)28-42(31)54(3)46(59)23-26-55-24-21-36(22-25-55)62-49(61)52-41-12-8-7-11-37(41)34-9-5-4-6-10-34/h4-20,27-28,36,44,50,56-57H,21-26,29-30H2,1-3H3,(H,51,60)(H,52,61)(H,53,58). The summed E-state index contributed by atoms with van der Waals surface area (Å²) in [6.07, 6.45) is 0.0453. The number of aromatic nitrogens is 1. The maximum Gasteiger partial charge on any atom is 0.411 e. The van der Waals surface area contributed by atoms with Crippen molar-refractivity contribution in [1.29, 1.82) is 0 Å². The molecular weight excluding hydrogens is 785 g/mol. The van der Waals surface area contributed by atoms with Gasteiger partial charge in [-0.05, 0) is 90.9 Å². The number of nitrogens with zero attached hydrogens (tertiary/aromatic N) is 2. The average molecular weight is 837 g/mol. The number of amides is 3. The number of piperidine rings is 1. The third-order valence-corrected chi connectivity index (χ3v) is 11.4. The first-order valence-electron chi connectivity index (χ1n) is 20.8. The Morgan fingerprint density at radius 2 is 1.61 bits per heavy atom. The van der Waals surface area contributed by atoms with Crippen molar-refractivity contribution in [2.24, 2.45) is 0 Å². The van der Waals surface area contributed by atoms with Gasteiger partial charge < -0.3 is 40.4 Å². The molecule has 0 spiro atoms. The summed E-state index contributed by atoms with van der Waals surface area (Å²) in [7, 11) is 1.73. The summed E-state index contributed by atoms with van der Waals surface area (Å²) in [5.74, 6) is -0.435. The highest BCUT2D eigenvalue weighted by atomic mass is 16.6. The highest BCUT2D eigenvalue weighted by Gasteiger charge is 2.24. The minimum atomic E-state index is -0.890. The van der Waals surface area contributed by atoms with Crippen LogP contribution >= 0.6 is 0 Å². The number of phenols is 1. The number of nitrogens with one attached hydrogen (secondary N) is 4. The molecule has 6 N–H and O–H groups in total. The summed E-state index contributed by atoms with van der Waals surface area (Å²) in [4.78, 5) is 58.0. The lowest BCUT2D eigenvalue weighted by molar-refractivity contribution is -0.118. The number of pyridine rings is 1. The number of H-pyrrole nitrogens is 1. The maximum absolute atomic E-state index is 13.5. The number of benzene rings is 5. The second-order valence-corrected chi connectivity index (χ2v) is 15.7. The van der Waals surface area contributed by atoms with Crippen LogP contribution in [0.15, 0.2) is 120 Å². The predicted molar refractivity (Wildman–Crippen MR) is 243 cm³/mol. The molecule has 6 aromatic rings. The quantitative estimate of drug-likeness (QED) is 0.0644. The van der Waals surface area contributed by atoms with Gasteiger partial charge in [-0.1, -0.05) is 72.8 Å². The van der Waals surface area contributed by atoms with Crippen LogP contribution in [-0.2, 0) is 16.1 Å². The Morgan fingerprint density at radius 1 is 0.855 bits per heavy atom. The lowest BCUT2D eigenvalue weighted by Crippen LogP contribution is -2.40. The molecule has 1 unspecified atom stereocenters. The van der Waals surface area contributed by atoms with E-state index in [9.17, 15) is 29.4 Å². The van der Waals surface area contributed by atoms with Gasteiger partial charge in [0.2, 0.25) is 11.5 Å². The van der Waals surface area contributed by atoms with Crippen LogP contribution in [0.25, 0.3) is 22.0 Å². The molecule has 1 aliphatic heterocycles. The fraction of sp³-hybridized carbons (Fsp3) is 0.265. The van der Waals surface area contributed by atoms with Crippen molar-refractivity contribution in [3.63, 3.8) is 0 Å². The number of aromatic amines is 1. The van der Waals surface area contributed by atoms with Gasteiger partial charge in [-0.15, -0.1) is 0 Å². The van der Waals surface area contributed by atoms with Gasteiger partial charge in [0.25, 0.3) is 5.91 Å². The molecule has 1 aromatic heterocycles. The van der Waals surface area contributed by atoms with Crippen LogP contribution in [0.2, 0.25) is 0 Å². The molecule has 0 saturated carbocycles. The van der Waals surface area contributed by atoms with E-state index >= 15 is 0 Å². The number of hydrogen-bond donors (Lipinski definition) is 6. The van der Waals surface area contributed by atoms with Gasteiger partial charge in [0.15, 0.2) is 0 Å². The molecule has 0 bridgehead atoms. The van der Waals surface area contributed by atoms with E-state index in [0.717, 1.165) is 27.8 Å². The molecule has 5 aromatic carbocycles. The monoisotopic (exact) mass is 836 g/mol. The normalized spacial score (nSPS) is 13.7. The van der Waals surface area contributed by atoms with Gasteiger partial charge in [0.1, 0.15) is 11.9 Å². The van der Waals surface area contributed by atoms with Crippen LogP contribution in [0, 0.1) is 13.8 Å². The van der Waals surface area contributed by atoms with E-state index in [-0.39, 0.29) is 41.3 Å². The van der Waals surface area contributed by atoms with E-state index in [2.05, 4.69) is 25.8 Å². The molecule has 1 atom stereocenters. The smallest absolute Gasteiger partial charge is 0.411 e. The van der Waals surface area contributed by atoms with Gasteiger partial charge >= 0.3 is 6.09 Å². The van der Waals surface area contributed by atoms with Crippen LogP contribution in [0.5, 0.6) is 5.75 Å². The molecule has 0 radical (unpaired) electrons. The number of likely N-dealkylation sites (tertiary alicyclic amines) is 1. The first kappa shape index (κ1) is 43.3. The number of aromatic hydroxyl groups is 1. The zero-order valence-electron chi connectivity index (χ0n) is 35.1. The largest absolute Gasteiger partial charge is 0.506 e. The summed E-state index contributed by atoms with van der Waals surface area (Å²) in [5, 5.41) is 30.8. The van der Waals surface area contributed by atoms with Gasteiger partial charge in [0, 0.05) is 80.1 Å². The van der Waals surface area contributed by atoms with Crippen LogP contribution in [0.3, 0.4) is 0 Å². The topological polar surface area (TPSA) is 176 Å². The number of ether oxygens (including phenoxy) is 1. The molecule has 0 aliphatic carbocycles. The Balaban J connectivity index is 0.861. The van der Waals surface area contributed by atoms with Crippen LogP contribution in [-0.4, -0.2) is 77.3 Å². The van der Waals surface area contributed by atoms with E-state index < -0.39 is 12.2 Å². The second-order valence-electron chi connectivity index (χ2n) is 15.7. The zero-order chi connectivity index (χ0) is 43.8. The summed E-state index contributed by atoms with van der Waals surface area (Å²) in [6.45, 7) is 6.47.